The first-order valence-corrected chi connectivity index (χ1v) is 10.4. The van der Waals surface area contributed by atoms with Crippen molar-refractivity contribution in [3.05, 3.63) is 70.4 Å². The molecule has 0 aliphatic carbocycles. The van der Waals surface area contributed by atoms with E-state index < -0.39 is 11.2 Å². The third-order valence-electron chi connectivity index (χ3n) is 5.33. The topological polar surface area (TPSA) is 96.6 Å². The first kappa shape index (κ1) is 22.8. The maximum atomic E-state index is 13.3. The Kier molecular flexibility index (Phi) is 6.49. The van der Waals surface area contributed by atoms with Crippen molar-refractivity contribution in [2.45, 2.75) is 6.61 Å². The lowest BCUT2D eigenvalue weighted by Crippen LogP contribution is -2.09. The molecule has 3 aromatic carbocycles. The van der Waals surface area contributed by atoms with Gasteiger partial charge in [0.15, 0.2) is 17.1 Å². The molecule has 0 radical (unpaired) electrons. The Morgan fingerprint density at radius 3 is 2.00 bits per heavy atom. The molecule has 1 heterocycles. The van der Waals surface area contributed by atoms with E-state index in [0.29, 0.717) is 11.3 Å². The molecule has 1 aromatic heterocycles. The van der Waals surface area contributed by atoms with Gasteiger partial charge in [-0.2, -0.15) is 0 Å². The summed E-state index contributed by atoms with van der Waals surface area (Å²) in [6.45, 7) is 0.204. The van der Waals surface area contributed by atoms with Crippen LogP contribution in [0.1, 0.15) is 5.56 Å². The highest BCUT2D eigenvalue weighted by molar-refractivity contribution is 5.96. The summed E-state index contributed by atoms with van der Waals surface area (Å²) >= 11 is 0. The van der Waals surface area contributed by atoms with E-state index in [1.165, 1.54) is 21.3 Å². The second-order valence-electron chi connectivity index (χ2n) is 7.24. The number of aromatic hydroxyl groups is 1. The highest BCUT2D eigenvalue weighted by Crippen LogP contribution is 2.51. The number of rotatable bonds is 8. The summed E-state index contributed by atoms with van der Waals surface area (Å²) in [5, 5.41) is 10.7. The van der Waals surface area contributed by atoms with Crippen molar-refractivity contribution < 1.29 is 33.2 Å². The van der Waals surface area contributed by atoms with Crippen molar-refractivity contribution in [3.8, 4) is 45.8 Å². The van der Waals surface area contributed by atoms with E-state index >= 15 is 0 Å². The summed E-state index contributed by atoms with van der Waals surface area (Å²) < 4.78 is 34.0. The highest BCUT2D eigenvalue weighted by atomic mass is 16.6. The van der Waals surface area contributed by atoms with Crippen molar-refractivity contribution >= 4 is 11.0 Å². The zero-order valence-electron chi connectivity index (χ0n) is 19.2. The predicted octanol–water partition coefficient (Wildman–Crippen LogP) is 4.78. The quantitative estimate of drug-likeness (QED) is 0.398. The average molecular weight is 464 g/mol. The van der Waals surface area contributed by atoms with Gasteiger partial charge in [0, 0.05) is 5.56 Å². The first-order chi connectivity index (χ1) is 16.5. The Morgan fingerprint density at radius 1 is 0.765 bits per heavy atom. The number of fused-ring (bicyclic) bond motifs is 1. The van der Waals surface area contributed by atoms with Crippen LogP contribution in [-0.4, -0.2) is 33.5 Å². The Balaban J connectivity index is 1.98. The molecule has 34 heavy (non-hydrogen) atoms. The summed E-state index contributed by atoms with van der Waals surface area (Å²) in [5.74, 6) is 0.561. The standard InChI is InChI=1S/C26H24O8/c1-29-17-12-10-16(11-13-17)21-20(28)19(27)18-22(30-2)24(31-3)26(25(32-4)23(18)34-21)33-14-15-8-6-5-7-9-15/h5-13,28H,14H2,1-4H3. The zero-order chi connectivity index (χ0) is 24.2. The molecule has 0 spiro atoms. The molecule has 0 amide bonds. The van der Waals surface area contributed by atoms with Gasteiger partial charge in [0.25, 0.3) is 0 Å². The van der Waals surface area contributed by atoms with Crippen LogP contribution < -0.4 is 29.1 Å². The molecule has 4 rings (SSSR count). The number of methoxy groups -OCH3 is 4. The molecule has 176 valence electrons. The Morgan fingerprint density at radius 2 is 1.41 bits per heavy atom. The summed E-state index contributed by atoms with van der Waals surface area (Å²) in [5.41, 5.74) is 0.740. The van der Waals surface area contributed by atoms with Crippen LogP contribution >= 0.6 is 0 Å². The maximum Gasteiger partial charge on any atom is 0.239 e. The third kappa shape index (κ3) is 3.94. The molecule has 8 nitrogen and oxygen atoms in total. The van der Waals surface area contributed by atoms with E-state index in [4.69, 9.17) is 28.1 Å². The molecular weight excluding hydrogens is 440 g/mol. The van der Waals surface area contributed by atoms with E-state index in [2.05, 4.69) is 0 Å². The molecule has 0 atom stereocenters. The lowest BCUT2D eigenvalue weighted by atomic mass is 10.1. The summed E-state index contributed by atoms with van der Waals surface area (Å²) in [6.07, 6.45) is 0. The minimum absolute atomic E-state index is 0.0281. The van der Waals surface area contributed by atoms with Crippen LogP contribution in [0.2, 0.25) is 0 Å². The van der Waals surface area contributed by atoms with Crippen molar-refractivity contribution in [1.29, 1.82) is 0 Å². The van der Waals surface area contributed by atoms with Gasteiger partial charge in [0.05, 0.1) is 28.4 Å². The summed E-state index contributed by atoms with van der Waals surface area (Å²) in [6, 6.07) is 16.3. The van der Waals surface area contributed by atoms with Crippen LogP contribution in [0.5, 0.6) is 34.5 Å². The Labute approximate surface area is 195 Å². The second-order valence-corrected chi connectivity index (χ2v) is 7.24. The van der Waals surface area contributed by atoms with Crippen LogP contribution in [-0.2, 0) is 6.61 Å². The zero-order valence-corrected chi connectivity index (χ0v) is 19.2. The first-order valence-electron chi connectivity index (χ1n) is 10.4. The van der Waals surface area contributed by atoms with Gasteiger partial charge in [0.2, 0.25) is 28.4 Å². The molecule has 0 unspecified atom stereocenters. The summed E-state index contributed by atoms with van der Waals surface area (Å²) in [4.78, 5) is 13.3. The summed E-state index contributed by atoms with van der Waals surface area (Å²) in [7, 11) is 5.78. The second kappa shape index (κ2) is 9.66. The molecule has 0 aliphatic rings. The molecule has 4 aromatic rings. The van der Waals surface area contributed by atoms with E-state index in [1.54, 1.807) is 31.4 Å². The van der Waals surface area contributed by atoms with Crippen molar-refractivity contribution in [2.75, 3.05) is 28.4 Å². The van der Waals surface area contributed by atoms with Gasteiger partial charge in [-0.3, -0.25) is 4.79 Å². The minimum Gasteiger partial charge on any atom is -0.502 e. The molecular formula is C26H24O8. The largest absolute Gasteiger partial charge is 0.502 e. The lowest BCUT2D eigenvalue weighted by molar-refractivity contribution is 0.259. The average Bonchev–Trinajstić information content (AvgIpc) is 2.88. The minimum atomic E-state index is -0.699. The SMILES string of the molecule is COc1ccc(-c2oc3c(OC)c(OCc4ccccc4)c(OC)c(OC)c3c(=O)c2O)cc1. The fraction of sp³-hybridized carbons (Fsp3) is 0.192. The molecule has 0 fully saturated rings. The Bertz CT molecular complexity index is 1360. The normalized spacial score (nSPS) is 10.7. The molecule has 0 saturated carbocycles. The molecule has 0 aliphatic heterocycles. The van der Waals surface area contributed by atoms with Crippen LogP contribution in [0.4, 0.5) is 0 Å². The van der Waals surface area contributed by atoms with Crippen LogP contribution in [0, 0.1) is 0 Å². The molecule has 0 saturated heterocycles. The van der Waals surface area contributed by atoms with Gasteiger partial charge in [-0.1, -0.05) is 30.3 Å². The van der Waals surface area contributed by atoms with Gasteiger partial charge in [0.1, 0.15) is 17.7 Å². The monoisotopic (exact) mass is 464 g/mol. The lowest BCUT2D eigenvalue weighted by Gasteiger charge is -2.19. The van der Waals surface area contributed by atoms with Gasteiger partial charge in [-0.25, -0.2) is 0 Å². The van der Waals surface area contributed by atoms with Crippen LogP contribution in [0.15, 0.2) is 63.8 Å². The van der Waals surface area contributed by atoms with Crippen molar-refractivity contribution in [3.63, 3.8) is 0 Å². The van der Waals surface area contributed by atoms with Gasteiger partial charge in [-0.05, 0) is 29.8 Å². The van der Waals surface area contributed by atoms with E-state index in [9.17, 15) is 9.90 Å². The van der Waals surface area contributed by atoms with E-state index in [-0.39, 0.29) is 46.3 Å². The molecule has 8 heteroatoms. The molecule has 1 N–H and O–H groups in total. The van der Waals surface area contributed by atoms with Gasteiger partial charge in [-0.15, -0.1) is 0 Å². The van der Waals surface area contributed by atoms with E-state index in [0.717, 1.165) is 5.56 Å². The van der Waals surface area contributed by atoms with Gasteiger partial charge >= 0.3 is 0 Å². The number of hydrogen-bond acceptors (Lipinski definition) is 8. The van der Waals surface area contributed by atoms with E-state index in [1.807, 2.05) is 30.3 Å². The number of ether oxygens (including phenoxy) is 5. The fourth-order valence-electron chi connectivity index (χ4n) is 3.68. The maximum absolute atomic E-state index is 13.3. The van der Waals surface area contributed by atoms with Crippen LogP contribution in [0.25, 0.3) is 22.3 Å². The number of hydrogen-bond donors (Lipinski definition) is 1. The Hall–Kier alpha value is -4.33. The fourth-order valence-corrected chi connectivity index (χ4v) is 3.68. The number of benzene rings is 3. The van der Waals surface area contributed by atoms with Crippen LogP contribution in [0.3, 0.4) is 0 Å². The van der Waals surface area contributed by atoms with Gasteiger partial charge < -0.3 is 33.2 Å². The smallest absolute Gasteiger partial charge is 0.239 e. The van der Waals surface area contributed by atoms with Crippen molar-refractivity contribution in [2.24, 2.45) is 0 Å². The highest BCUT2D eigenvalue weighted by Gasteiger charge is 2.30. The predicted molar refractivity (Wildman–Crippen MR) is 127 cm³/mol. The molecule has 0 bridgehead atoms. The van der Waals surface area contributed by atoms with Crippen molar-refractivity contribution in [1.82, 2.24) is 0 Å². The third-order valence-corrected chi connectivity index (χ3v) is 5.33.